The Morgan fingerprint density at radius 3 is 2.23 bits per heavy atom. The van der Waals surface area contributed by atoms with Gasteiger partial charge in [0.15, 0.2) is 0 Å². The second kappa shape index (κ2) is 3.00. The lowest BCUT2D eigenvalue weighted by molar-refractivity contribution is -0.134. The van der Waals surface area contributed by atoms with Crippen LogP contribution in [0.4, 0.5) is 0 Å². The van der Waals surface area contributed by atoms with E-state index < -0.39 is 0 Å². The van der Waals surface area contributed by atoms with E-state index in [2.05, 4.69) is 18.7 Å². The third-order valence-electron chi connectivity index (χ3n) is 3.48. The minimum atomic E-state index is 0.300. The van der Waals surface area contributed by atoms with Crippen LogP contribution in [0.5, 0.6) is 0 Å². The van der Waals surface area contributed by atoms with Crippen molar-refractivity contribution in [3.05, 3.63) is 0 Å². The van der Waals surface area contributed by atoms with E-state index in [-0.39, 0.29) is 0 Å². The van der Waals surface area contributed by atoms with E-state index in [1.807, 2.05) is 0 Å². The number of piperidine rings is 1. The standard InChI is InChI=1S/C11H19NO/c1-11(2)8-9(11)10(13)12-6-4-3-5-7-12/h9H,3-8H2,1-2H3/t9-/m1/s1. The number of rotatable bonds is 1. The molecule has 1 saturated heterocycles. The van der Waals surface area contributed by atoms with E-state index in [1.165, 1.54) is 19.3 Å². The molecule has 0 N–H and O–H groups in total. The molecule has 0 bridgehead atoms. The van der Waals surface area contributed by atoms with Crippen LogP contribution in [0, 0.1) is 11.3 Å². The van der Waals surface area contributed by atoms with Crippen molar-refractivity contribution in [2.45, 2.75) is 39.5 Å². The molecule has 0 aromatic heterocycles. The molecule has 74 valence electrons. The van der Waals surface area contributed by atoms with E-state index in [4.69, 9.17) is 0 Å². The lowest BCUT2D eigenvalue weighted by Gasteiger charge is -2.27. The summed E-state index contributed by atoms with van der Waals surface area (Å²) < 4.78 is 0. The first-order valence-electron chi connectivity index (χ1n) is 5.40. The highest BCUT2D eigenvalue weighted by Crippen LogP contribution is 2.52. The van der Waals surface area contributed by atoms with Gasteiger partial charge in [-0.1, -0.05) is 13.8 Å². The SMILES string of the molecule is CC1(C)C[C@@H]1C(=O)N1CCCCC1. The van der Waals surface area contributed by atoms with Gasteiger partial charge in [-0.05, 0) is 31.1 Å². The number of carbonyl (C=O) groups excluding carboxylic acids is 1. The molecule has 1 aliphatic heterocycles. The minimum Gasteiger partial charge on any atom is -0.342 e. The van der Waals surface area contributed by atoms with Crippen LogP contribution in [-0.4, -0.2) is 23.9 Å². The molecule has 2 fully saturated rings. The van der Waals surface area contributed by atoms with Gasteiger partial charge in [-0.15, -0.1) is 0 Å². The molecule has 2 nitrogen and oxygen atoms in total. The molecule has 0 aromatic rings. The van der Waals surface area contributed by atoms with Crippen LogP contribution in [0.1, 0.15) is 39.5 Å². The molecular formula is C11H19NO. The summed E-state index contributed by atoms with van der Waals surface area (Å²) in [7, 11) is 0. The smallest absolute Gasteiger partial charge is 0.226 e. The van der Waals surface area contributed by atoms with Crippen molar-refractivity contribution in [1.82, 2.24) is 4.90 Å². The van der Waals surface area contributed by atoms with Gasteiger partial charge in [0, 0.05) is 19.0 Å². The van der Waals surface area contributed by atoms with Gasteiger partial charge in [-0.3, -0.25) is 4.79 Å². The van der Waals surface area contributed by atoms with Crippen LogP contribution in [0.25, 0.3) is 0 Å². The molecule has 0 spiro atoms. The molecule has 1 atom stereocenters. The summed E-state index contributed by atoms with van der Waals surface area (Å²) in [6.45, 7) is 6.40. The van der Waals surface area contributed by atoms with Crippen molar-refractivity contribution < 1.29 is 4.79 Å². The van der Waals surface area contributed by atoms with Gasteiger partial charge in [0.25, 0.3) is 0 Å². The van der Waals surface area contributed by atoms with Crippen molar-refractivity contribution in [2.24, 2.45) is 11.3 Å². The van der Waals surface area contributed by atoms with Crippen molar-refractivity contribution in [3.8, 4) is 0 Å². The summed E-state index contributed by atoms with van der Waals surface area (Å²) in [5.74, 6) is 0.760. The van der Waals surface area contributed by atoms with Crippen LogP contribution in [-0.2, 0) is 4.79 Å². The molecule has 13 heavy (non-hydrogen) atoms. The molecule has 2 aliphatic rings. The van der Waals surface area contributed by atoms with Gasteiger partial charge in [0.2, 0.25) is 5.91 Å². The fourth-order valence-electron chi connectivity index (χ4n) is 2.22. The number of nitrogens with zero attached hydrogens (tertiary/aromatic N) is 1. The molecule has 0 unspecified atom stereocenters. The number of hydrogen-bond donors (Lipinski definition) is 0. The summed E-state index contributed by atoms with van der Waals surface area (Å²) in [6.07, 6.45) is 4.82. The van der Waals surface area contributed by atoms with Crippen LogP contribution >= 0.6 is 0 Å². The Kier molecular flexibility index (Phi) is 2.09. The van der Waals surface area contributed by atoms with Crippen molar-refractivity contribution in [2.75, 3.05) is 13.1 Å². The van der Waals surface area contributed by atoms with Crippen molar-refractivity contribution in [3.63, 3.8) is 0 Å². The minimum absolute atomic E-state index is 0.300. The highest BCUT2D eigenvalue weighted by atomic mass is 16.2. The second-order valence-electron chi connectivity index (χ2n) is 5.13. The first-order valence-corrected chi connectivity index (χ1v) is 5.40. The van der Waals surface area contributed by atoms with Gasteiger partial charge in [0.1, 0.15) is 0 Å². The fourth-order valence-corrected chi connectivity index (χ4v) is 2.22. The monoisotopic (exact) mass is 181 g/mol. The van der Waals surface area contributed by atoms with E-state index in [9.17, 15) is 4.79 Å². The highest BCUT2D eigenvalue weighted by Gasteiger charge is 2.51. The molecule has 0 radical (unpaired) electrons. The first kappa shape index (κ1) is 9.04. The Morgan fingerprint density at radius 2 is 1.77 bits per heavy atom. The summed E-state index contributed by atoms with van der Waals surface area (Å²) >= 11 is 0. The second-order valence-corrected chi connectivity index (χ2v) is 5.13. The molecule has 0 aromatic carbocycles. The zero-order chi connectivity index (χ0) is 9.47. The normalized spacial score (nSPS) is 31.5. The number of carbonyl (C=O) groups is 1. The van der Waals surface area contributed by atoms with Crippen LogP contribution in [0.15, 0.2) is 0 Å². The number of likely N-dealkylation sites (tertiary alicyclic amines) is 1. The zero-order valence-corrected chi connectivity index (χ0v) is 8.68. The molecule has 1 amide bonds. The Balaban J connectivity index is 1.90. The van der Waals surface area contributed by atoms with E-state index in [1.54, 1.807) is 0 Å². The topological polar surface area (TPSA) is 20.3 Å². The maximum Gasteiger partial charge on any atom is 0.226 e. The lowest BCUT2D eigenvalue weighted by atomic mass is 10.1. The Labute approximate surface area is 80.3 Å². The fraction of sp³-hybridized carbons (Fsp3) is 0.909. The molecular weight excluding hydrogens is 162 g/mol. The molecule has 1 saturated carbocycles. The Bertz CT molecular complexity index is 216. The predicted octanol–water partition coefficient (Wildman–Crippen LogP) is 2.04. The summed E-state index contributed by atoms with van der Waals surface area (Å²) in [5.41, 5.74) is 0.300. The number of amides is 1. The molecule has 1 aliphatic carbocycles. The predicted molar refractivity (Wildman–Crippen MR) is 52.3 cm³/mol. The van der Waals surface area contributed by atoms with E-state index in [0.717, 1.165) is 19.5 Å². The van der Waals surface area contributed by atoms with Gasteiger partial charge in [0.05, 0.1) is 0 Å². The molecule has 2 rings (SSSR count). The Hall–Kier alpha value is -0.530. The summed E-state index contributed by atoms with van der Waals surface area (Å²) in [4.78, 5) is 14.0. The third kappa shape index (κ3) is 1.72. The van der Waals surface area contributed by atoms with E-state index in [0.29, 0.717) is 17.2 Å². The van der Waals surface area contributed by atoms with Crippen LogP contribution < -0.4 is 0 Å². The van der Waals surface area contributed by atoms with Crippen LogP contribution in [0.2, 0.25) is 0 Å². The average Bonchev–Trinajstić information content (AvgIpc) is 2.76. The quantitative estimate of drug-likeness (QED) is 0.606. The lowest BCUT2D eigenvalue weighted by Crippen LogP contribution is -2.37. The Morgan fingerprint density at radius 1 is 1.23 bits per heavy atom. The maximum absolute atomic E-state index is 11.9. The van der Waals surface area contributed by atoms with Crippen LogP contribution in [0.3, 0.4) is 0 Å². The highest BCUT2D eigenvalue weighted by molar-refractivity contribution is 5.82. The van der Waals surface area contributed by atoms with Gasteiger partial charge in [-0.2, -0.15) is 0 Å². The largest absolute Gasteiger partial charge is 0.342 e. The zero-order valence-electron chi connectivity index (χ0n) is 8.68. The molecule has 2 heteroatoms. The van der Waals surface area contributed by atoms with Crippen molar-refractivity contribution >= 4 is 5.91 Å². The van der Waals surface area contributed by atoms with E-state index >= 15 is 0 Å². The average molecular weight is 181 g/mol. The van der Waals surface area contributed by atoms with Gasteiger partial charge >= 0.3 is 0 Å². The van der Waals surface area contributed by atoms with Gasteiger partial charge in [-0.25, -0.2) is 0 Å². The first-order chi connectivity index (χ1) is 6.11. The summed E-state index contributed by atoms with van der Waals surface area (Å²) in [6, 6.07) is 0. The molecule has 1 heterocycles. The summed E-state index contributed by atoms with van der Waals surface area (Å²) in [5, 5.41) is 0. The number of hydrogen-bond acceptors (Lipinski definition) is 1. The third-order valence-corrected chi connectivity index (χ3v) is 3.48. The maximum atomic E-state index is 11.9. The van der Waals surface area contributed by atoms with Crippen molar-refractivity contribution in [1.29, 1.82) is 0 Å². The van der Waals surface area contributed by atoms with Gasteiger partial charge < -0.3 is 4.90 Å².